The van der Waals surface area contributed by atoms with E-state index < -0.39 is 6.61 Å². The van der Waals surface area contributed by atoms with Crippen molar-refractivity contribution < 1.29 is 22.7 Å². The average molecular weight is 359 g/mol. The number of halogens is 3. The molecule has 0 bridgehead atoms. The van der Waals surface area contributed by atoms with E-state index in [4.69, 9.17) is 16.0 Å². The predicted octanol–water partition coefficient (Wildman–Crippen LogP) is 3.91. The minimum Gasteiger partial charge on any atom is -0.465 e. The van der Waals surface area contributed by atoms with Gasteiger partial charge in [-0.1, -0.05) is 11.6 Å². The maximum Gasteiger partial charge on any atom is 0.387 e. The van der Waals surface area contributed by atoms with Crippen LogP contribution < -0.4 is 10.1 Å². The summed E-state index contributed by atoms with van der Waals surface area (Å²) < 4.78 is 34.0. The lowest BCUT2D eigenvalue weighted by atomic mass is 10.3. The highest BCUT2D eigenvalue weighted by atomic mass is 35.5. The minimum atomic E-state index is -2.96. The average Bonchev–Trinajstić information content (AvgIpc) is 2.86. The molecule has 1 aromatic heterocycles. The van der Waals surface area contributed by atoms with Gasteiger partial charge >= 0.3 is 6.61 Å². The molecule has 0 unspecified atom stereocenters. The largest absolute Gasteiger partial charge is 0.465 e. The molecule has 0 saturated heterocycles. The second-order valence-electron chi connectivity index (χ2n) is 5.26. The van der Waals surface area contributed by atoms with E-state index in [9.17, 15) is 13.6 Å². The van der Waals surface area contributed by atoms with Gasteiger partial charge in [-0.2, -0.15) is 8.78 Å². The first kappa shape index (κ1) is 18.2. The van der Waals surface area contributed by atoms with Gasteiger partial charge in [-0.05, 0) is 44.3 Å². The van der Waals surface area contributed by atoms with Gasteiger partial charge in [-0.3, -0.25) is 9.69 Å². The third-order valence-corrected chi connectivity index (χ3v) is 3.36. The number of aryl methyl sites for hydroxylation is 1. The molecule has 0 aliphatic heterocycles. The number of rotatable bonds is 7. The van der Waals surface area contributed by atoms with Crippen molar-refractivity contribution in [3.63, 3.8) is 0 Å². The standard InChI is InChI=1S/C16H17ClF2N2O3/c1-10-3-5-12(23-10)8-21(2)9-15(22)20-11-4-6-14(13(17)7-11)24-16(18)19/h3-7,16H,8-9H2,1-2H3,(H,20,22). The maximum absolute atomic E-state index is 12.2. The Balaban J connectivity index is 1.88. The van der Waals surface area contributed by atoms with Crippen LogP contribution in [0.15, 0.2) is 34.7 Å². The van der Waals surface area contributed by atoms with E-state index in [1.54, 1.807) is 11.9 Å². The van der Waals surface area contributed by atoms with Crippen LogP contribution in [0.2, 0.25) is 5.02 Å². The Morgan fingerprint density at radius 2 is 2.12 bits per heavy atom. The van der Waals surface area contributed by atoms with Crippen molar-refractivity contribution in [2.45, 2.75) is 20.1 Å². The molecule has 1 amide bonds. The van der Waals surface area contributed by atoms with Crippen molar-refractivity contribution in [1.29, 1.82) is 0 Å². The molecule has 5 nitrogen and oxygen atoms in total. The molecule has 2 aromatic rings. The molecule has 1 aromatic carbocycles. The SMILES string of the molecule is Cc1ccc(CN(C)CC(=O)Nc2ccc(OC(F)F)c(Cl)c2)o1. The number of ether oxygens (including phenoxy) is 1. The van der Waals surface area contributed by atoms with Crippen molar-refractivity contribution in [3.8, 4) is 5.75 Å². The summed E-state index contributed by atoms with van der Waals surface area (Å²) in [6.07, 6.45) is 0. The van der Waals surface area contributed by atoms with Gasteiger partial charge in [0.1, 0.15) is 17.3 Å². The van der Waals surface area contributed by atoms with Gasteiger partial charge in [-0.15, -0.1) is 0 Å². The normalized spacial score (nSPS) is 11.1. The Morgan fingerprint density at radius 1 is 1.38 bits per heavy atom. The van der Waals surface area contributed by atoms with Gasteiger partial charge in [-0.25, -0.2) is 0 Å². The van der Waals surface area contributed by atoms with Crippen LogP contribution in [0.4, 0.5) is 14.5 Å². The second-order valence-corrected chi connectivity index (χ2v) is 5.66. The van der Waals surface area contributed by atoms with Gasteiger partial charge in [0, 0.05) is 5.69 Å². The number of hydrogen-bond donors (Lipinski definition) is 1. The molecule has 2 rings (SSSR count). The van der Waals surface area contributed by atoms with E-state index in [-0.39, 0.29) is 23.2 Å². The van der Waals surface area contributed by atoms with Crippen LogP contribution >= 0.6 is 11.6 Å². The summed E-state index contributed by atoms with van der Waals surface area (Å²) in [5.74, 6) is 1.16. The fraction of sp³-hybridized carbons (Fsp3) is 0.312. The third-order valence-electron chi connectivity index (χ3n) is 3.07. The van der Waals surface area contributed by atoms with Crippen molar-refractivity contribution in [2.24, 2.45) is 0 Å². The van der Waals surface area contributed by atoms with E-state index >= 15 is 0 Å². The Labute approximate surface area is 143 Å². The first-order chi connectivity index (χ1) is 11.3. The molecule has 0 aliphatic rings. The summed E-state index contributed by atoms with van der Waals surface area (Å²) in [4.78, 5) is 13.8. The van der Waals surface area contributed by atoms with E-state index in [1.165, 1.54) is 18.2 Å². The number of carbonyl (C=O) groups excluding carboxylic acids is 1. The number of nitrogens with zero attached hydrogens (tertiary/aromatic N) is 1. The lowest BCUT2D eigenvalue weighted by Gasteiger charge is -2.15. The first-order valence-electron chi connectivity index (χ1n) is 7.11. The second kappa shape index (κ2) is 8.12. The van der Waals surface area contributed by atoms with Gasteiger partial charge in [0.15, 0.2) is 0 Å². The predicted molar refractivity (Wildman–Crippen MR) is 86.5 cm³/mol. The fourth-order valence-electron chi connectivity index (χ4n) is 2.11. The molecular weight excluding hydrogens is 342 g/mol. The molecule has 1 heterocycles. The molecule has 0 spiro atoms. The van der Waals surface area contributed by atoms with Crippen LogP contribution in [0.1, 0.15) is 11.5 Å². The minimum absolute atomic E-state index is 0.00693. The number of benzene rings is 1. The number of likely N-dealkylation sites (N-methyl/N-ethyl adjacent to an activating group) is 1. The van der Waals surface area contributed by atoms with Gasteiger partial charge in [0.2, 0.25) is 5.91 Å². The number of amides is 1. The highest BCUT2D eigenvalue weighted by Gasteiger charge is 2.12. The fourth-order valence-corrected chi connectivity index (χ4v) is 2.33. The molecule has 0 saturated carbocycles. The van der Waals surface area contributed by atoms with Gasteiger partial charge in [0.25, 0.3) is 0 Å². The smallest absolute Gasteiger partial charge is 0.387 e. The zero-order valence-corrected chi connectivity index (χ0v) is 13.9. The van der Waals surface area contributed by atoms with Crippen molar-refractivity contribution in [1.82, 2.24) is 4.90 Å². The zero-order valence-electron chi connectivity index (χ0n) is 13.2. The number of carbonyl (C=O) groups is 1. The molecule has 0 radical (unpaired) electrons. The van der Waals surface area contributed by atoms with E-state index in [2.05, 4.69) is 10.1 Å². The number of anilines is 1. The van der Waals surface area contributed by atoms with E-state index in [0.717, 1.165) is 11.5 Å². The highest BCUT2D eigenvalue weighted by Crippen LogP contribution is 2.28. The quantitative estimate of drug-likeness (QED) is 0.815. The van der Waals surface area contributed by atoms with Crippen molar-refractivity contribution >= 4 is 23.2 Å². The maximum atomic E-state index is 12.2. The Morgan fingerprint density at radius 3 is 2.71 bits per heavy atom. The lowest BCUT2D eigenvalue weighted by molar-refractivity contribution is -0.117. The van der Waals surface area contributed by atoms with Crippen LogP contribution in [0, 0.1) is 6.92 Å². The molecule has 0 atom stereocenters. The molecule has 0 fully saturated rings. The topological polar surface area (TPSA) is 54.7 Å². The van der Waals surface area contributed by atoms with Crippen LogP contribution in [0.5, 0.6) is 5.75 Å². The van der Waals surface area contributed by atoms with E-state index in [0.29, 0.717) is 12.2 Å². The summed E-state index contributed by atoms with van der Waals surface area (Å²) in [6.45, 7) is -0.487. The summed E-state index contributed by atoms with van der Waals surface area (Å²) in [6, 6.07) is 7.78. The van der Waals surface area contributed by atoms with Crippen molar-refractivity contribution in [3.05, 3.63) is 46.9 Å². The summed E-state index contributed by atoms with van der Waals surface area (Å²) in [5.41, 5.74) is 0.397. The lowest BCUT2D eigenvalue weighted by Crippen LogP contribution is -2.29. The monoisotopic (exact) mass is 358 g/mol. The van der Waals surface area contributed by atoms with Gasteiger partial charge < -0.3 is 14.5 Å². The molecule has 130 valence electrons. The third kappa shape index (κ3) is 5.50. The first-order valence-corrected chi connectivity index (χ1v) is 7.49. The number of furan rings is 1. The van der Waals surface area contributed by atoms with Crippen LogP contribution in [-0.2, 0) is 11.3 Å². The molecule has 0 aliphatic carbocycles. The van der Waals surface area contributed by atoms with Crippen LogP contribution in [0.3, 0.4) is 0 Å². The molecule has 8 heteroatoms. The number of nitrogens with one attached hydrogen (secondary N) is 1. The van der Waals surface area contributed by atoms with Crippen LogP contribution in [-0.4, -0.2) is 31.0 Å². The molecular formula is C16H17ClF2N2O3. The Hall–Kier alpha value is -2.12. The Bertz CT molecular complexity index is 706. The Kier molecular flexibility index (Phi) is 6.16. The summed E-state index contributed by atoms with van der Waals surface area (Å²) >= 11 is 5.84. The van der Waals surface area contributed by atoms with E-state index in [1.807, 2.05) is 19.1 Å². The number of hydrogen-bond acceptors (Lipinski definition) is 4. The van der Waals surface area contributed by atoms with Crippen molar-refractivity contribution in [2.75, 3.05) is 18.9 Å². The zero-order chi connectivity index (χ0) is 17.7. The number of alkyl halides is 2. The molecule has 24 heavy (non-hydrogen) atoms. The van der Waals surface area contributed by atoms with Gasteiger partial charge in [0.05, 0.1) is 18.1 Å². The summed E-state index contributed by atoms with van der Waals surface area (Å²) in [7, 11) is 1.78. The molecule has 1 N–H and O–H groups in total. The summed E-state index contributed by atoms with van der Waals surface area (Å²) in [5, 5.41) is 2.64. The van der Waals surface area contributed by atoms with Crippen LogP contribution in [0.25, 0.3) is 0 Å². The highest BCUT2D eigenvalue weighted by molar-refractivity contribution is 6.32.